The summed E-state index contributed by atoms with van der Waals surface area (Å²) in [5, 5.41) is 14.0. The van der Waals surface area contributed by atoms with E-state index in [1.165, 1.54) is 21.7 Å². The number of thiazole rings is 1. The van der Waals surface area contributed by atoms with Crippen molar-refractivity contribution in [3.05, 3.63) is 71.7 Å². The summed E-state index contributed by atoms with van der Waals surface area (Å²) in [6.45, 7) is 7.51. The summed E-state index contributed by atoms with van der Waals surface area (Å²) in [6, 6.07) is 20.9. The lowest BCUT2D eigenvalue weighted by Crippen LogP contribution is -2.65. The molecule has 0 bridgehead atoms. The van der Waals surface area contributed by atoms with Crippen LogP contribution in [0.4, 0.5) is 5.13 Å². The molecule has 0 aliphatic carbocycles. The standard InChI is InChI=1S/C23H26N2O3SSi/c1-23(2,3)18-14-25(22-24-19(15-29-22)21(26)27)20(18)28-30(16-10-6-4-7-11-16)17-12-8-5-9-13-17/h4-13,15,18,20,30H,14H2,1-3H3,(H,26,27). The summed E-state index contributed by atoms with van der Waals surface area (Å²) in [4.78, 5) is 17.8. The van der Waals surface area contributed by atoms with E-state index in [1.807, 2.05) is 12.1 Å². The van der Waals surface area contributed by atoms with Crippen LogP contribution in [0.1, 0.15) is 31.3 Å². The Kier molecular flexibility index (Phi) is 5.77. The number of carbonyl (C=O) groups is 1. The van der Waals surface area contributed by atoms with Gasteiger partial charge >= 0.3 is 5.97 Å². The first-order valence-corrected chi connectivity index (χ1v) is 12.6. The normalized spacial score (nSPS) is 19.0. The van der Waals surface area contributed by atoms with Crippen molar-refractivity contribution in [1.82, 2.24) is 4.98 Å². The average Bonchev–Trinajstić information content (AvgIpc) is 3.18. The van der Waals surface area contributed by atoms with Gasteiger partial charge in [-0.2, -0.15) is 0 Å². The van der Waals surface area contributed by atoms with Gasteiger partial charge in [0.15, 0.2) is 10.8 Å². The molecule has 1 fully saturated rings. The van der Waals surface area contributed by atoms with Crippen LogP contribution in [0, 0.1) is 11.3 Å². The highest BCUT2D eigenvalue weighted by atomic mass is 32.1. The number of nitrogens with zero attached hydrogens (tertiary/aromatic N) is 2. The number of aromatic nitrogens is 1. The van der Waals surface area contributed by atoms with Crippen molar-refractivity contribution in [1.29, 1.82) is 0 Å². The number of hydrogen-bond donors (Lipinski definition) is 1. The third-order valence-corrected chi connectivity index (χ3v) is 9.00. The van der Waals surface area contributed by atoms with Crippen LogP contribution in [0.2, 0.25) is 0 Å². The van der Waals surface area contributed by atoms with E-state index in [4.69, 9.17) is 4.43 Å². The van der Waals surface area contributed by atoms with E-state index in [-0.39, 0.29) is 17.3 Å². The van der Waals surface area contributed by atoms with Gasteiger partial charge in [-0.3, -0.25) is 0 Å². The molecule has 0 radical (unpaired) electrons. The predicted molar refractivity (Wildman–Crippen MR) is 124 cm³/mol. The first-order chi connectivity index (χ1) is 14.3. The van der Waals surface area contributed by atoms with Crippen molar-refractivity contribution in [3.8, 4) is 0 Å². The average molecular weight is 439 g/mol. The van der Waals surface area contributed by atoms with Crippen molar-refractivity contribution >= 4 is 41.9 Å². The zero-order chi connectivity index (χ0) is 21.3. The second kappa shape index (κ2) is 8.33. The van der Waals surface area contributed by atoms with Gasteiger partial charge in [0.05, 0.1) is 0 Å². The molecule has 5 nitrogen and oxygen atoms in total. The number of aromatic carboxylic acids is 1. The molecule has 0 amide bonds. The number of anilines is 1. The van der Waals surface area contributed by atoms with Gasteiger partial charge in [0.1, 0.15) is 6.23 Å². The van der Waals surface area contributed by atoms with Crippen LogP contribution >= 0.6 is 11.3 Å². The maximum absolute atomic E-state index is 11.3. The van der Waals surface area contributed by atoms with Gasteiger partial charge < -0.3 is 14.4 Å². The fourth-order valence-electron chi connectivity index (χ4n) is 3.78. The van der Waals surface area contributed by atoms with Crippen LogP contribution in [-0.2, 0) is 4.43 Å². The first kappa shape index (κ1) is 20.8. The number of benzene rings is 2. The third-order valence-electron chi connectivity index (χ3n) is 5.59. The van der Waals surface area contributed by atoms with Crippen LogP contribution in [0.25, 0.3) is 0 Å². The molecular weight excluding hydrogens is 412 g/mol. The SMILES string of the molecule is CC(C)(C)C1CN(c2nc(C(=O)O)cs2)C1O[SiH](c1ccccc1)c1ccccc1. The van der Waals surface area contributed by atoms with Crippen molar-refractivity contribution in [3.63, 3.8) is 0 Å². The van der Waals surface area contributed by atoms with E-state index in [0.717, 1.165) is 6.54 Å². The van der Waals surface area contributed by atoms with Crippen LogP contribution in [0.15, 0.2) is 66.0 Å². The number of carboxylic acids is 1. The van der Waals surface area contributed by atoms with Gasteiger partial charge in [-0.05, 0) is 15.8 Å². The van der Waals surface area contributed by atoms with Gasteiger partial charge in [0.25, 0.3) is 0 Å². The molecule has 1 saturated heterocycles. The molecule has 1 N–H and O–H groups in total. The Morgan fingerprint density at radius 1 is 1.10 bits per heavy atom. The lowest BCUT2D eigenvalue weighted by molar-refractivity contribution is 0.00492. The quantitative estimate of drug-likeness (QED) is 0.599. The minimum atomic E-state index is -1.94. The molecule has 2 heterocycles. The summed E-state index contributed by atoms with van der Waals surface area (Å²) < 4.78 is 6.92. The largest absolute Gasteiger partial charge is 0.476 e. The second-order valence-corrected chi connectivity index (χ2v) is 11.9. The van der Waals surface area contributed by atoms with Gasteiger partial charge in [-0.1, -0.05) is 81.4 Å². The maximum Gasteiger partial charge on any atom is 0.355 e. The Labute approximate surface area is 182 Å². The highest BCUT2D eigenvalue weighted by molar-refractivity contribution is 7.14. The van der Waals surface area contributed by atoms with Crippen LogP contribution in [0.3, 0.4) is 0 Å². The molecule has 7 heteroatoms. The van der Waals surface area contributed by atoms with E-state index in [9.17, 15) is 9.90 Å². The topological polar surface area (TPSA) is 62.7 Å². The van der Waals surface area contributed by atoms with Gasteiger partial charge in [-0.15, -0.1) is 11.3 Å². The highest BCUT2D eigenvalue weighted by Crippen LogP contribution is 2.43. The van der Waals surface area contributed by atoms with Gasteiger partial charge in [0, 0.05) is 17.8 Å². The Morgan fingerprint density at radius 2 is 1.67 bits per heavy atom. The molecule has 4 rings (SSSR count). The number of hydrogen-bond acceptors (Lipinski definition) is 5. The molecule has 156 valence electrons. The molecule has 3 aromatic rings. The number of carboxylic acid groups (broad SMARTS) is 1. The molecule has 30 heavy (non-hydrogen) atoms. The van der Waals surface area contributed by atoms with Gasteiger partial charge in [-0.25, -0.2) is 9.78 Å². The maximum atomic E-state index is 11.3. The van der Waals surface area contributed by atoms with E-state index in [0.29, 0.717) is 11.0 Å². The third kappa shape index (κ3) is 4.19. The van der Waals surface area contributed by atoms with Crippen LogP contribution in [0.5, 0.6) is 0 Å². The lowest BCUT2D eigenvalue weighted by Gasteiger charge is -2.54. The smallest absolute Gasteiger partial charge is 0.355 e. The first-order valence-electron chi connectivity index (χ1n) is 10.1. The fourth-order valence-corrected chi connectivity index (χ4v) is 7.07. The zero-order valence-corrected chi connectivity index (χ0v) is 19.3. The Hall–Kier alpha value is -2.48. The molecule has 1 aromatic heterocycles. The minimum Gasteiger partial charge on any atom is -0.476 e. The Morgan fingerprint density at radius 3 is 2.13 bits per heavy atom. The monoisotopic (exact) mass is 438 g/mol. The number of rotatable bonds is 6. The summed E-state index contributed by atoms with van der Waals surface area (Å²) in [5.74, 6) is -0.666. The Bertz CT molecular complexity index is 965. The van der Waals surface area contributed by atoms with Gasteiger partial charge in [0.2, 0.25) is 9.04 Å². The van der Waals surface area contributed by atoms with E-state index in [2.05, 4.69) is 79.2 Å². The van der Waals surface area contributed by atoms with E-state index < -0.39 is 15.0 Å². The lowest BCUT2D eigenvalue weighted by atomic mass is 9.74. The second-order valence-electron chi connectivity index (χ2n) is 8.67. The van der Waals surface area contributed by atoms with E-state index >= 15 is 0 Å². The highest BCUT2D eigenvalue weighted by Gasteiger charge is 2.48. The molecule has 2 atom stereocenters. The molecule has 0 saturated carbocycles. The summed E-state index contributed by atoms with van der Waals surface area (Å²) in [6.07, 6.45) is -0.130. The minimum absolute atomic E-state index is 0.0698. The molecule has 1 aliphatic rings. The van der Waals surface area contributed by atoms with E-state index in [1.54, 1.807) is 5.38 Å². The van der Waals surface area contributed by atoms with Crippen LogP contribution < -0.4 is 15.3 Å². The Balaban J connectivity index is 1.67. The summed E-state index contributed by atoms with van der Waals surface area (Å²) >= 11 is 1.37. The predicted octanol–water partition coefficient (Wildman–Crippen LogP) is 3.20. The van der Waals surface area contributed by atoms with Crippen molar-refractivity contribution in [2.45, 2.75) is 27.0 Å². The summed E-state index contributed by atoms with van der Waals surface area (Å²) in [5.41, 5.74) is 0.160. The van der Waals surface area contributed by atoms with Crippen LogP contribution in [-0.4, -0.2) is 37.9 Å². The zero-order valence-electron chi connectivity index (χ0n) is 17.4. The molecular formula is C23H26N2O3SSi. The van der Waals surface area contributed by atoms with Crippen molar-refractivity contribution in [2.24, 2.45) is 11.3 Å². The van der Waals surface area contributed by atoms with Crippen molar-refractivity contribution in [2.75, 3.05) is 11.4 Å². The molecule has 2 unspecified atom stereocenters. The molecule has 2 aromatic carbocycles. The molecule has 0 spiro atoms. The fraction of sp³-hybridized carbons (Fsp3) is 0.304. The van der Waals surface area contributed by atoms with Crippen molar-refractivity contribution < 1.29 is 14.3 Å². The molecule has 1 aliphatic heterocycles. The summed E-state index contributed by atoms with van der Waals surface area (Å²) in [7, 11) is -1.94.